The first-order chi connectivity index (χ1) is 15.5. The van der Waals surface area contributed by atoms with Crippen molar-refractivity contribution in [3.8, 4) is 0 Å². The summed E-state index contributed by atoms with van der Waals surface area (Å²) in [5.41, 5.74) is 3.33. The number of piperazine rings is 1. The van der Waals surface area contributed by atoms with Crippen LogP contribution in [0.3, 0.4) is 0 Å². The van der Waals surface area contributed by atoms with E-state index in [1.807, 2.05) is 60.4 Å². The van der Waals surface area contributed by atoms with E-state index in [2.05, 4.69) is 27.8 Å². The third kappa shape index (κ3) is 4.51. The molecule has 4 amide bonds. The summed E-state index contributed by atoms with van der Waals surface area (Å²) in [5, 5.41) is 3.60. The molecule has 2 aromatic carbocycles. The number of carbonyl (C=O) groups is 3. The van der Waals surface area contributed by atoms with Gasteiger partial charge in [-0.25, -0.2) is 4.79 Å². The Morgan fingerprint density at radius 1 is 0.938 bits per heavy atom. The van der Waals surface area contributed by atoms with E-state index < -0.39 is 17.5 Å². The fourth-order valence-corrected chi connectivity index (χ4v) is 4.35. The van der Waals surface area contributed by atoms with Gasteiger partial charge in [-0.3, -0.25) is 24.8 Å². The van der Waals surface area contributed by atoms with Gasteiger partial charge in [-0.2, -0.15) is 5.01 Å². The lowest BCUT2D eigenvalue weighted by atomic mass is 9.87. The van der Waals surface area contributed by atoms with Crippen LogP contribution in [0, 0.1) is 0 Å². The van der Waals surface area contributed by atoms with Crippen LogP contribution in [0.2, 0.25) is 0 Å². The number of nitrogens with one attached hydrogen (secondary N) is 2. The van der Waals surface area contributed by atoms with Crippen molar-refractivity contribution in [2.24, 2.45) is 0 Å². The predicted octanol–water partition coefficient (Wildman–Crippen LogP) is 1.69. The first-order valence-corrected chi connectivity index (χ1v) is 11.0. The Labute approximate surface area is 188 Å². The predicted molar refractivity (Wildman–Crippen MR) is 120 cm³/mol. The zero-order valence-electron chi connectivity index (χ0n) is 18.3. The average molecular weight is 436 g/mol. The number of imide groups is 1. The molecule has 168 valence electrons. The van der Waals surface area contributed by atoms with Gasteiger partial charge >= 0.3 is 6.03 Å². The van der Waals surface area contributed by atoms with Crippen molar-refractivity contribution >= 4 is 17.8 Å². The zero-order valence-corrected chi connectivity index (χ0v) is 18.3. The summed E-state index contributed by atoms with van der Waals surface area (Å²) in [7, 11) is 0. The summed E-state index contributed by atoms with van der Waals surface area (Å²) in [6, 6.07) is 18.8. The SMILES string of the molecule is CCC1(c2ccccc2)NC(=O)N(NC(=O)CN2CCN(Cc3ccccc3)CC2)C1=O. The summed E-state index contributed by atoms with van der Waals surface area (Å²) >= 11 is 0. The topological polar surface area (TPSA) is 85.0 Å². The van der Waals surface area contributed by atoms with Gasteiger partial charge in [-0.05, 0) is 17.5 Å². The fraction of sp³-hybridized carbons (Fsp3) is 0.375. The Morgan fingerprint density at radius 3 is 2.16 bits per heavy atom. The molecule has 32 heavy (non-hydrogen) atoms. The van der Waals surface area contributed by atoms with E-state index in [4.69, 9.17) is 0 Å². The van der Waals surface area contributed by atoms with Crippen LogP contribution in [0.1, 0.15) is 24.5 Å². The van der Waals surface area contributed by atoms with E-state index in [1.54, 1.807) is 0 Å². The second-order valence-electron chi connectivity index (χ2n) is 8.27. The summed E-state index contributed by atoms with van der Waals surface area (Å²) in [5.74, 6) is -0.831. The van der Waals surface area contributed by atoms with Crippen molar-refractivity contribution in [3.05, 3.63) is 71.8 Å². The summed E-state index contributed by atoms with van der Waals surface area (Å²) < 4.78 is 0. The minimum absolute atomic E-state index is 0.140. The van der Waals surface area contributed by atoms with E-state index in [0.717, 1.165) is 37.7 Å². The van der Waals surface area contributed by atoms with E-state index >= 15 is 0 Å². The minimum Gasteiger partial charge on any atom is -0.318 e. The molecule has 2 N–H and O–H groups in total. The molecule has 1 atom stereocenters. The van der Waals surface area contributed by atoms with Crippen LogP contribution in [0.4, 0.5) is 4.79 Å². The highest BCUT2D eigenvalue weighted by Gasteiger charge is 2.52. The maximum absolute atomic E-state index is 13.1. The molecule has 0 radical (unpaired) electrons. The van der Waals surface area contributed by atoms with Gasteiger partial charge in [0.2, 0.25) is 0 Å². The molecule has 8 heteroatoms. The van der Waals surface area contributed by atoms with E-state index in [1.165, 1.54) is 5.56 Å². The van der Waals surface area contributed by atoms with Gasteiger partial charge < -0.3 is 5.32 Å². The standard InChI is InChI=1S/C24H29N5O3/c1-2-24(20-11-7-4-8-12-20)22(31)29(23(32)25-24)26-21(30)18-28-15-13-27(14-16-28)17-19-9-5-3-6-10-19/h3-12H,2,13-18H2,1H3,(H,25,32)(H,26,30). The fourth-order valence-electron chi connectivity index (χ4n) is 4.35. The Balaban J connectivity index is 1.31. The van der Waals surface area contributed by atoms with E-state index in [9.17, 15) is 14.4 Å². The van der Waals surface area contributed by atoms with Crippen molar-refractivity contribution in [2.45, 2.75) is 25.4 Å². The van der Waals surface area contributed by atoms with Crippen LogP contribution in [-0.2, 0) is 21.7 Å². The lowest BCUT2D eigenvalue weighted by molar-refractivity contribution is -0.140. The number of rotatable bonds is 7. The average Bonchev–Trinajstić information content (AvgIpc) is 3.07. The molecule has 0 bridgehead atoms. The third-order valence-electron chi connectivity index (χ3n) is 6.21. The van der Waals surface area contributed by atoms with Crippen LogP contribution in [-0.4, -0.2) is 65.4 Å². The molecule has 2 heterocycles. The van der Waals surface area contributed by atoms with Crippen LogP contribution in [0.5, 0.6) is 0 Å². The Bertz CT molecular complexity index is 960. The summed E-state index contributed by atoms with van der Waals surface area (Å²) in [6.07, 6.45) is 0.386. The maximum atomic E-state index is 13.1. The quantitative estimate of drug-likeness (QED) is 0.647. The first kappa shape index (κ1) is 22.0. The highest BCUT2D eigenvalue weighted by atomic mass is 16.2. The zero-order chi connectivity index (χ0) is 22.6. The number of benzene rings is 2. The molecule has 2 aliphatic rings. The lowest BCUT2D eigenvalue weighted by Gasteiger charge is -2.34. The molecule has 0 saturated carbocycles. The normalized spacial score (nSPS) is 22.1. The van der Waals surface area contributed by atoms with Crippen LogP contribution in [0.25, 0.3) is 0 Å². The molecule has 8 nitrogen and oxygen atoms in total. The van der Waals surface area contributed by atoms with Crippen molar-refractivity contribution in [3.63, 3.8) is 0 Å². The van der Waals surface area contributed by atoms with Gasteiger partial charge in [0.15, 0.2) is 0 Å². The summed E-state index contributed by atoms with van der Waals surface area (Å²) in [6.45, 7) is 6.09. The Kier molecular flexibility index (Phi) is 6.53. The van der Waals surface area contributed by atoms with E-state index in [0.29, 0.717) is 12.0 Å². The van der Waals surface area contributed by atoms with Crippen LogP contribution in [0.15, 0.2) is 60.7 Å². The van der Waals surface area contributed by atoms with Gasteiger partial charge in [0, 0.05) is 32.7 Å². The summed E-state index contributed by atoms with van der Waals surface area (Å²) in [4.78, 5) is 42.7. The largest absolute Gasteiger partial charge is 0.344 e. The van der Waals surface area contributed by atoms with Gasteiger partial charge in [0.25, 0.3) is 11.8 Å². The number of carbonyl (C=O) groups excluding carboxylic acids is 3. The number of hydrogen-bond acceptors (Lipinski definition) is 5. The molecule has 2 fully saturated rings. The molecule has 2 aliphatic heterocycles. The van der Waals surface area contributed by atoms with Gasteiger partial charge in [0.05, 0.1) is 6.54 Å². The number of hydrazine groups is 1. The number of urea groups is 1. The van der Waals surface area contributed by atoms with Gasteiger partial charge in [-0.1, -0.05) is 67.6 Å². The monoisotopic (exact) mass is 435 g/mol. The second kappa shape index (κ2) is 9.50. The highest BCUT2D eigenvalue weighted by molar-refractivity contribution is 6.08. The number of nitrogens with zero attached hydrogens (tertiary/aromatic N) is 3. The lowest BCUT2D eigenvalue weighted by Crippen LogP contribution is -2.53. The second-order valence-corrected chi connectivity index (χ2v) is 8.27. The van der Waals surface area contributed by atoms with Crippen LogP contribution < -0.4 is 10.7 Å². The molecular formula is C24H29N5O3. The molecule has 2 aromatic rings. The molecule has 4 rings (SSSR count). The molecule has 1 unspecified atom stereocenters. The molecule has 0 spiro atoms. The molecule has 2 saturated heterocycles. The van der Waals surface area contributed by atoms with Crippen molar-refractivity contribution in [1.82, 2.24) is 25.6 Å². The first-order valence-electron chi connectivity index (χ1n) is 11.0. The number of amides is 4. The smallest absolute Gasteiger partial charge is 0.318 e. The maximum Gasteiger partial charge on any atom is 0.344 e. The van der Waals surface area contributed by atoms with Crippen molar-refractivity contribution in [2.75, 3.05) is 32.7 Å². The minimum atomic E-state index is -1.16. The molecule has 0 aromatic heterocycles. The number of hydrogen-bond donors (Lipinski definition) is 2. The Hall–Kier alpha value is -3.23. The van der Waals surface area contributed by atoms with Crippen molar-refractivity contribution in [1.29, 1.82) is 0 Å². The highest BCUT2D eigenvalue weighted by Crippen LogP contribution is 2.31. The molecule has 0 aliphatic carbocycles. The Morgan fingerprint density at radius 2 is 1.53 bits per heavy atom. The third-order valence-corrected chi connectivity index (χ3v) is 6.21. The molecular weight excluding hydrogens is 406 g/mol. The van der Waals surface area contributed by atoms with Crippen molar-refractivity contribution < 1.29 is 14.4 Å². The van der Waals surface area contributed by atoms with Gasteiger partial charge in [-0.15, -0.1) is 0 Å². The van der Waals surface area contributed by atoms with E-state index in [-0.39, 0.29) is 12.5 Å². The van der Waals surface area contributed by atoms with Crippen LogP contribution >= 0.6 is 0 Å². The van der Waals surface area contributed by atoms with Gasteiger partial charge in [0.1, 0.15) is 5.54 Å².